The summed E-state index contributed by atoms with van der Waals surface area (Å²) in [6.45, 7) is 0.290. The van der Waals surface area contributed by atoms with Crippen LogP contribution in [0.3, 0.4) is 0 Å². The lowest BCUT2D eigenvalue weighted by Crippen LogP contribution is -2.29. The van der Waals surface area contributed by atoms with Gasteiger partial charge in [0.1, 0.15) is 0 Å². The molecule has 1 rings (SSSR count). The van der Waals surface area contributed by atoms with E-state index in [1.165, 1.54) is 7.11 Å². The Balaban J connectivity index is 2.78. The van der Waals surface area contributed by atoms with Gasteiger partial charge < -0.3 is 20.5 Å². The molecular weight excluding hydrogens is 268 g/mol. The number of benzene rings is 1. The number of carbonyl (C=O) groups is 1. The van der Waals surface area contributed by atoms with Crippen molar-refractivity contribution in [1.82, 2.24) is 5.32 Å². The first kappa shape index (κ1) is 15.2. The Labute approximate surface area is 117 Å². The number of amides is 1. The monoisotopic (exact) mass is 282 g/mol. The Morgan fingerprint density at radius 2 is 2.32 bits per heavy atom. The third-order valence-electron chi connectivity index (χ3n) is 2.26. The second-order valence-electron chi connectivity index (χ2n) is 3.58. The van der Waals surface area contributed by atoms with Gasteiger partial charge in [-0.15, -0.1) is 6.42 Å². The molecule has 1 amide bonds. The fourth-order valence-corrected chi connectivity index (χ4v) is 1.66. The zero-order chi connectivity index (χ0) is 14.3. The van der Waals surface area contributed by atoms with Crippen molar-refractivity contribution in [2.45, 2.75) is 6.54 Å². The second kappa shape index (κ2) is 7.52. The minimum atomic E-state index is -0.334. The van der Waals surface area contributed by atoms with Gasteiger partial charge in [0.25, 0.3) is 5.91 Å². The van der Waals surface area contributed by atoms with Gasteiger partial charge in [-0.05, 0) is 17.7 Å². The number of rotatable bonds is 6. The summed E-state index contributed by atoms with van der Waals surface area (Å²) in [4.78, 5) is 11.4. The highest BCUT2D eigenvalue weighted by Crippen LogP contribution is 2.36. The average molecular weight is 283 g/mol. The molecule has 102 valence electrons. The highest BCUT2D eigenvalue weighted by molar-refractivity contribution is 6.32. The van der Waals surface area contributed by atoms with Crippen LogP contribution in [0.25, 0.3) is 0 Å². The van der Waals surface area contributed by atoms with E-state index in [9.17, 15) is 4.79 Å². The van der Waals surface area contributed by atoms with Crippen molar-refractivity contribution in [2.24, 2.45) is 5.73 Å². The molecule has 1 aromatic rings. The Bertz CT molecular complexity index is 497. The van der Waals surface area contributed by atoms with Crippen molar-refractivity contribution in [3.63, 3.8) is 0 Å². The van der Waals surface area contributed by atoms with Crippen LogP contribution >= 0.6 is 11.6 Å². The molecule has 0 spiro atoms. The first-order valence-electron chi connectivity index (χ1n) is 5.51. The van der Waals surface area contributed by atoms with E-state index in [4.69, 9.17) is 33.2 Å². The Hall–Kier alpha value is -1.90. The number of halogens is 1. The van der Waals surface area contributed by atoms with Gasteiger partial charge in [-0.2, -0.15) is 0 Å². The minimum Gasteiger partial charge on any atom is -0.493 e. The summed E-state index contributed by atoms with van der Waals surface area (Å²) >= 11 is 6.06. The summed E-state index contributed by atoms with van der Waals surface area (Å²) < 4.78 is 10.5. The molecule has 0 heterocycles. The number of hydrogen-bond acceptors (Lipinski definition) is 4. The van der Waals surface area contributed by atoms with E-state index in [1.54, 1.807) is 12.1 Å². The van der Waals surface area contributed by atoms with Crippen LogP contribution in [0, 0.1) is 12.3 Å². The first-order valence-corrected chi connectivity index (χ1v) is 5.89. The van der Waals surface area contributed by atoms with Gasteiger partial charge in [-0.3, -0.25) is 4.79 Å². The maximum atomic E-state index is 11.4. The third kappa shape index (κ3) is 4.36. The molecule has 0 saturated carbocycles. The lowest BCUT2D eigenvalue weighted by atomic mass is 10.2. The molecule has 0 bridgehead atoms. The molecule has 5 nitrogen and oxygen atoms in total. The maximum Gasteiger partial charge on any atom is 0.258 e. The fraction of sp³-hybridized carbons (Fsp3) is 0.308. The Morgan fingerprint density at radius 1 is 1.58 bits per heavy atom. The summed E-state index contributed by atoms with van der Waals surface area (Å²) in [7, 11) is 1.48. The molecule has 0 aliphatic rings. The highest BCUT2D eigenvalue weighted by atomic mass is 35.5. The zero-order valence-electron chi connectivity index (χ0n) is 10.5. The molecule has 3 N–H and O–H groups in total. The summed E-state index contributed by atoms with van der Waals surface area (Å²) in [5.41, 5.74) is 6.34. The predicted molar refractivity (Wildman–Crippen MR) is 73.2 cm³/mol. The van der Waals surface area contributed by atoms with Crippen molar-refractivity contribution in [3.8, 4) is 23.8 Å². The average Bonchev–Trinajstić information content (AvgIpc) is 2.42. The molecule has 0 radical (unpaired) electrons. The summed E-state index contributed by atoms with van der Waals surface area (Å²) in [5, 5.41) is 2.82. The number of methoxy groups -OCH3 is 1. The van der Waals surface area contributed by atoms with Gasteiger partial charge in [0, 0.05) is 6.54 Å². The van der Waals surface area contributed by atoms with Gasteiger partial charge in [0.15, 0.2) is 18.1 Å². The number of carbonyl (C=O) groups excluding carboxylic acids is 1. The van der Waals surface area contributed by atoms with Gasteiger partial charge in [0.05, 0.1) is 18.7 Å². The number of ether oxygens (including phenoxy) is 2. The van der Waals surface area contributed by atoms with Crippen LogP contribution in [-0.4, -0.2) is 26.2 Å². The molecule has 0 atom stereocenters. The topological polar surface area (TPSA) is 73.6 Å². The third-order valence-corrected chi connectivity index (χ3v) is 2.54. The van der Waals surface area contributed by atoms with Gasteiger partial charge in [0.2, 0.25) is 0 Å². The van der Waals surface area contributed by atoms with E-state index in [-0.39, 0.29) is 19.1 Å². The smallest absolute Gasteiger partial charge is 0.258 e. The molecule has 19 heavy (non-hydrogen) atoms. The number of hydrogen-bond donors (Lipinski definition) is 2. The van der Waals surface area contributed by atoms with Crippen molar-refractivity contribution < 1.29 is 14.3 Å². The second-order valence-corrected chi connectivity index (χ2v) is 3.99. The van der Waals surface area contributed by atoms with Crippen LogP contribution in [0.1, 0.15) is 5.56 Å². The normalized spacial score (nSPS) is 9.58. The van der Waals surface area contributed by atoms with E-state index in [1.807, 2.05) is 0 Å². The summed E-state index contributed by atoms with van der Waals surface area (Å²) in [6.07, 6.45) is 5.03. The van der Waals surface area contributed by atoms with E-state index in [0.29, 0.717) is 23.1 Å². The molecule has 0 aliphatic heterocycles. The fourth-order valence-electron chi connectivity index (χ4n) is 1.37. The quantitative estimate of drug-likeness (QED) is 0.762. The number of terminal acetylenes is 1. The van der Waals surface area contributed by atoms with Crippen molar-refractivity contribution in [2.75, 3.05) is 20.3 Å². The number of nitrogens with two attached hydrogens (primary N) is 1. The summed E-state index contributed by atoms with van der Waals surface area (Å²) in [6, 6.07) is 3.37. The van der Waals surface area contributed by atoms with E-state index >= 15 is 0 Å². The molecule has 0 aliphatic carbocycles. The molecule has 0 unspecified atom stereocenters. The SMILES string of the molecule is C#CCNC(=O)COc1c(Cl)cc(CN)cc1OC. The molecular formula is C13H15ClN2O3. The van der Waals surface area contributed by atoms with Crippen molar-refractivity contribution in [1.29, 1.82) is 0 Å². The van der Waals surface area contributed by atoms with Gasteiger partial charge in [-0.25, -0.2) is 0 Å². The standard InChI is InChI=1S/C13H15ClN2O3/c1-3-4-16-12(17)8-19-13-10(14)5-9(7-15)6-11(13)18-2/h1,5-6H,4,7-8,15H2,2H3,(H,16,17). The lowest BCUT2D eigenvalue weighted by molar-refractivity contribution is -0.122. The predicted octanol–water partition coefficient (Wildman–Crippen LogP) is 0.935. The molecule has 6 heteroatoms. The Morgan fingerprint density at radius 3 is 2.89 bits per heavy atom. The highest BCUT2D eigenvalue weighted by Gasteiger charge is 2.13. The van der Waals surface area contributed by atoms with Crippen molar-refractivity contribution >= 4 is 17.5 Å². The first-order chi connectivity index (χ1) is 9.12. The molecule has 0 fully saturated rings. The van der Waals surface area contributed by atoms with E-state index in [2.05, 4.69) is 11.2 Å². The van der Waals surface area contributed by atoms with E-state index in [0.717, 1.165) is 5.56 Å². The van der Waals surface area contributed by atoms with Crippen LogP contribution in [0.4, 0.5) is 0 Å². The molecule has 0 aromatic heterocycles. The number of nitrogens with one attached hydrogen (secondary N) is 1. The van der Waals surface area contributed by atoms with Crippen LogP contribution in [0.5, 0.6) is 11.5 Å². The van der Waals surface area contributed by atoms with Crippen LogP contribution in [-0.2, 0) is 11.3 Å². The minimum absolute atomic E-state index is 0.152. The van der Waals surface area contributed by atoms with Crippen molar-refractivity contribution in [3.05, 3.63) is 22.7 Å². The largest absolute Gasteiger partial charge is 0.493 e. The zero-order valence-corrected chi connectivity index (χ0v) is 11.3. The maximum absolute atomic E-state index is 11.4. The van der Waals surface area contributed by atoms with Gasteiger partial charge >= 0.3 is 0 Å². The van der Waals surface area contributed by atoms with Gasteiger partial charge in [-0.1, -0.05) is 17.5 Å². The van der Waals surface area contributed by atoms with Crippen LogP contribution in [0.2, 0.25) is 5.02 Å². The summed E-state index contributed by atoms with van der Waals surface area (Å²) in [5.74, 6) is 2.69. The van der Waals surface area contributed by atoms with Crippen LogP contribution in [0.15, 0.2) is 12.1 Å². The Kier molecular flexibility index (Phi) is 6.00. The molecule has 1 aromatic carbocycles. The molecule has 0 saturated heterocycles. The lowest BCUT2D eigenvalue weighted by Gasteiger charge is -2.13. The van der Waals surface area contributed by atoms with Crippen LogP contribution < -0.4 is 20.5 Å². The van der Waals surface area contributed by atoms with E-state index < -0.39 is 0 Å².